The molecule has 0 bridgehead atoms. The second kappa shape index (κ2) is 5.63. The van der Waals surface area contributed by atoms with Crippen LogP contribution in [0.2, 0.25) is 0 Å². The van der Waals surface area contributed by atoms with E-state index in [1.165, 1.54) is 15.8 Å². The first-order valence-corrected chi connectivity index (χ1v) is 7.42. The van der Waals surface area contributed by atoms with Crippen molar-refractivity contribution in [2.45, 2.75) is 32.4 Å². The van der Waals surface area contributed by atoms with Crippen molar-refractivity contribution in [3.05, 3.63) is 20.8 Å². The zero-order chi connectivity index (χ0) is 11.5. The van der Waals surface area contributed by atoms with Gasteiger partial charge in [0.05, 0.1) is 6.61 Å². The van der Waals surface area contributed by atoms with E-state index in [1.54, 1.807) is 11.3 Å². The van der Waals surface area contributed by atoms with Crippen LogP contribution in [0.4, 0.5) is 0 Å². The predicted molar refractivity (Wildman–Crippen MR) is 72.0 cm³/mol. The Balaban J connectivity index is 1.88. The number of rotatable bonds is 4. The highest BCUT2D eigenvalue weighted by Gasteiger charge is 2.23. The van der Waals surface area contributed by atoms with Gasteiger partial charge in [0.1, 0.15) is 0 Å². The van der Waals surface area contributed by atoms with Gasteiger partial charge in [0, 0.05) is 33.4 Å². The van der Waals surface area contributed by atoms with Crippen LogP contribution in [0.3, 0.4) is 0 Å². The molecule has 2 rings (SSSR count). The molecule has 0 aliphatic carbocycles. The molecule has 0 amide bonds. The Morgan fingerprint density at radius 3 is 2.94 bits per heavy atom. The molecule has 0 saturated carbocycles. The van der Waals surface area contributed by atoms with Crippen molar-refractivity contribution in [2.24, 2.45) is 5.92 Å². The Bertz CT molecular complexity index is 336. The number of halogens is 1. The molecule has 1 fully saturated rings. The molecule has 1 aliphatic rings. The van der Waals surface area contributed by atoms with Gasteiger partial charge in [-0.25, -0.2) is 0 Å². The van der Waals surface area contributed by atoms with Crippen molar-refractivity contribution in [2.75, 3.05) is 13.2 Å². The summed E-state index contributed by atoms with van der Waals surface area (Å²) in [6, 6.07) is 3.14. The minimum atomic E-state index is 0.423. The summed E-state index contributed by atoms with van der Waals surface area (Å²) in [7, 11) is 0. The first-order valence-electron chi connectivity index (χ1n) is 5.74. The van der Waals surface area contributed by atoms with Gasteiger partial charge in [-0.1, -0.05) is 0 Å². The van der Waals surface area contributed by atoms with E-state index in [-0.39, 0.29) is 0 Å². The van der Waals surface area contributed by atoms with Crippen molar-refractivity contribution >= 4 is 27.3 Å². The van der Waals surface area contributed by atoms with Crippen LogP contribution in [-0.2, 0) is 4.74 Å². The average Bonchev–Trinajstić information content (AvgIpc) is 2.87. The van der Waals surface area contributed by atoms with Crippen LogP contribution in [-0.4, -0.2) is 19.3 Å². The van der Waals surface area contributed by atoms with Gasteiger partial charge >= 0.3 is 0 Å². The molecule has 90 valence electrons. The SMILES string of the molecule is CC(NC(C)C1CCOC1)c1cc(Br)cs1. The smallest absolute Gasteiger partial charge is 0.0509 e. The van der Waals surface area contributed by atoms with Crippen LogP contribution in [0.1, 0.15) is 31.2 Å². The van der Waals surface area contributed by atoms with Crippen molar-refractivity contribution in [3.8, 4) is 0 Å². The van der Waals surface area contributed by atoms with Gasteiger partial charge in [-0.3, -0.25) is 0 Å². The molecule has 0 radical (unpaired) electrons. The van der Waals surface area contributed by atoms with Gasteiger partial charge in [0.15, 0.2) is 0 Å². The number of ether oxygens (including phenoxy) is 1. The van der Waals surface area contributed by atoms with E-state index in [2.05, 4.69) is 46.5 Å². The van der Waals surface area contributed by atoms with E-state index in [0.717, 1.165) is 13.2 Å². The molecular weight excluding hydrogens is 286 g/mol. The van der Waals surface area contributed by atoms with Gasteiger partial charge in [0.25, 0.3) is 0 Å². The van der Waals surface area contributed by atoms with E-state index >= 15 is 0 Å². The Labute approximate surface area is 110 Å². The zero-order valence-electron chi connectivity index (χ0n) is 9.70. The Morgan fingerprint density at radius 1 is 1.56 bits per heavy atom. The lowest BCUT2D eigenvalue weighted by Crippen LogP contribution is -2.35. The van der Waals surface area contributed by atoms with Gasteiger partial charge in [-0.2, -0.15) is 0 Å². The molecule has 0 aromatic carbocycles. The van der Waals surface area contributed by atoms with Gasteiger partial charge in [-0.15, -0.1) is 11.3 Å². The first-order chi connectivity index (χ1) is 7.66. The molecule has 1 aromatic rings. The number of hydrogen-bond acceptors (Lipinski definition) is 3. The monoisotopic (exact) mass is 303 g/mol. The minimum Gasteiger partial charge on any atom is -0.381 e. The van der Waals surface area contributed by atoms with Crippen molar-refractivity contribution < 1.29 is 4.74 Å². The minimum absolute atomic E-state index is 0.423. The average molecular weight is 304 g/mol. The third kappa shape index (κ3) is 3.06. The lowest BCUT2D eigenvalue weighted by molar-refractivity contribution is 0.177. The lowest BCUT2D eigenvalue weighted by Gasteiger charge is -2.23. The maximum absolute atomic E-state index is 5.42. The number of nitrogens with one attached hydrogen (secondary N) is 1. The molecule has 3 atom stereocenters. The molecule has 16 heavy (non-hydrogen) atoms. The van der Waals surface area contributed by atoms with Crippen molar-refractivity contribution in [1.82, 2.24) is 5.32 Å². The molecule has 1 aromatic heterocycles. The predicted octanol–water partition coefficient (Wildman–Crippen LogP) is 3.59. The Kier molecular flexibility index (Phi) is 4.41. The highest BCUT2D eigenvalue weighted by atomic mass is 79.9. The van der Waals surface area contributed by atoms with Crippen molar-refractivity contribution in [3.63, 3.8) is 0 Å². The van der Waals surface area contributed by atoms with Gasteiger partial charge in [0.2, 0.25) is 0 Å². The van der Waals surface area contributed by atoms with Gasteiger partial charge in [-0.05, 0) is 48.2 Å². The van der Waals surface area contributed by atoms with Crippen LogP contribution in [0.25, 0.3) is 0 Å². The molecule has 1 aliphatic heterocycles. The fraction of sp³-hybridized carbons (Fsp3) is 0.667. The maximum Gasteiger partial charge on any atom is 0.0509 e. The van der Waals surface area contributed by atoms with E-state index in [9.17, 15) is 0 Å². The molecule has 2 nitrogen and oxygen atoms in total. The fourth-order valence-corrected chi connectivity index (χ4v) is 3.58. The van der Waals surface area contributed by atoms with Crippen LogP contribution in [0.5, 0.6) is 0 Å². The molecular formula is C12H18BrNOS. The lowest BCUT2D eigenvalue weighted by atomic mass is 10.00. The van der Waals surface area contributed by atoms with Crippen molar-refractivity contribution in [1.29, 1.82) is 0 Å². The highest BCUT2D eigenvalue weighted by molar-refractivity contribution is 9.10. The van der Waals surface area contributed by atoms with E-state index in [0.29, 0.717) is 18.0 Å². The summed E-state index contributed by atoms with van der Waals surface area (Å²) in [4.78, 5) is 1.39. The van der Waals surface area contributed by atoms with E-state index in [1.807, 2.05) is 0 Å². The quantitative estimate of drug-likeness (QED) is 0.918. The van der Waals surface area contributed by atoms with Gasteiger partial charge < -0.3 is 10.1 Å². The van der Waals surface area contributed by atoms with E-state index < -0.39 is 0 Å². The summed E-state index contributed by atoms with van der Waals surface area (Å²) in [5, 5.41) is 5.80. The Hall–Kier alpha value is 0.1000. The standard InChI is InChI=1S/C12H18BrNOS/c1-8(10-3-4-15-6-10)14-9(2)12-5-11(13)7-16-12/h5,7-10,14H,3-4,6H2,1-2H3. The Morgan fingerprint density at radius 2 is 2.38 bits per heavy atom. The third-order valence-electron chi connectivity index (χ3n) is 3.20. The summed E-state index contributed by atoms with van der Waals surface area (Å²) in [6.07, 6.45) is 1.19. The summed E-state index contributed by atoms with van der Waals surface area (Å²) >= 11 is 5.30. The highest BCUT2D eigenvalue weighted by Crippen LogP contribution is 2.27. The fourth-order valence-electron chi connectivity index (χ4n) is 2.11. The molecule has 4 heteroatoms. The molecule has 1 saturated heterocycles. The maximum atomic E-state index is 5.42. The molecule has 2 heterocycles. The summed E-state index contributed by atoms with van der Waals surface area (Å²) in [5.41, 5.74) is 0. The number of thiophene rings is 1. The van der Waals surface area contributed by atoms with Crippen LogP contribution in [0.15, 0.2) is 15.9 Å². The number of hydrogen-bond donors (Lipinski definition) is 1. The third-order valence-corrected chi connectivity index (χ3v) is 5.08. The molecule has 0 spiro atoms. The zero-order valence-corrected chi connectivity index (χ0v) is 12.1. The van der Waals surface area contributed by atoms with Crippen LogP contribution >= 0.6 is 27.3 Å². The summed E-state index contributed by atoms with van der Waals surface area (Å²) < 4.78 is 6.60. The largest absolute Gasteiger partial charge is 0.381 e. The summed E-state index contributed by atoms with van der Waals surface area (Å²) in [6.45, 7) is 6.33. The van der Waals surface area contributed by atoms with E-state index in [4.69, 9.17) is 4.74 Å². The van der Waals surface area contributed by atoms with Crippen LogP contribution < -0.4 is 5.32 Å². The second-order valence-corrected chi connectivity index (χ2v) is 6.33. The molecule has 3 unspecified atom stereocenters. The molecule has 1 N–H and O–H groups in total. The van der Waals surface area contributed by atoms with Crippen LogP contribution in [0, 0.1) is 5.92 Å². The first kappa shape index (κ1) is 12.6. The second-order valence-electron chi connectivity index (χ2n) is 4.47. The summed E-state index contributed by atoms with van der Waals surface area (Å²) in [5.74, 6) is 0.672. The topological polar surface area (TPSA) is 21.3 Å². The normalized spacial score (nSPS) is 24.6.